The molecule has 6 nitrogen and oxygen atoms in total. The highest BCUT2D eigenvalue weighted by Crippen LogP contribution is 2.38. The first kappa shape index (κ1) is 22.4. The van der Waals surface area contributed by atoms with Crippen molar-refractivity contribution < 1.29 is 14.3 Å². The Kier molecular flexibility index (Phi) is 6.39. The van der Waals surface area contributed by atoms with E-state index in [4.69, 9.17) is 4.74 Å². The van der Waals surface area contributed by atoms with E-state index in [2.05, 4.69) is 59.6 Å². The summed E-state index contributed by atoms with van der Waals surface area (Å²) in [6, 6.07) is 14.9. The monoisotopic (exact) mass is 449 g/mol. The van der Waals surface area contributed by atoms with Gasteiger partial charge in [-0.2, -0.15) is 0 Å². The molecule has 176 valence electrons. The fourth-order valence-corrected chi connectivity index (χ4v) is 6.03. The van der Waals surface area contributed by atoms with Crippen molar-refractivity contribution in [3.05, 3.63) is 48.0 Å². The van der Waals surface area contributed by atoms with Gasteiger partial charge in [0.05, 0.1) is 12.6 Å². The van der Waals surface area contributed by atoms with E-state index in [1.165, 1.54) is 21.2 Å². The molecule has 2 aromatic rings. The van der Waals surface area contributed by atoms with Crippen LogP contribution in [-0.2, 0) is 16.1 Å². The first-order valence-electron chi connectivity index (χ1n) is 12.5. The summed E-state index contributed by atoms with van der Waals surface area (Å²) in [5.74, 6) is 0.147. The number of benzene rings is 2. The van der Waals surface area contributed by atoms with Crippen LogP contribution in [0.25, 0.3) is 10.8 Å². The Balaban J connectivity index is 1.24. The number of rotatable bonds is 7. The van der Waals surface area contributed by atoms with Crippen molar-refractivity contribution >= 4 is 22.7 Å². The zero-order valence-electron chi connectivity index (χ0n) is 19.6. The summed E-state index contributed by atoms with van der Waals surface area (Å²) < 4.78 is 5.70. The molecule has 5 rings (SSSR count). The number of imide groups is 1. The summed E-state index contributed by atoms with van der Waals surface area (Å²) in [6.45, 7) is 6.01. The molecule has 0 saturated carbocycles. The van der Waals surface area contributed by atoms with E-state index in [9.17, 15) is 9.59 Å². The first-order valence-corrected chi connectivity index (χ1v) is 12.5. The summed E-state index contributed by atoms with van der Waals surface area (Å²) in [5, 5.41) is 5.70. The maximum Gasteiger partial charge on any atom is 0.325 e. The predicted octanol–water partition coefficient (Wildman–Crippen LogP) is 4.32. The number of carbonyl (C=O) groups is 2. The predicted molar refractivity (Wildman–Crippen MR) is 129 cm³/mol. The van der Waals surface area contributed by atoms with E-state index < -0.39 is 5.54 Å². The van der Waals surface area contributed by atoms with Crippen molar-refractivity contribution in [3.8, 4) is 0 Å². The molecule has 3 amide bonds. The van der Waals surface area contributed by atoms with E-state index >= 15 is 0 Å². The van der Waals surface area contributed by atoms with Gasteiger partial charge in [0.2, 0.25) is 0 Å². The lowest BCUT2D eigenvalue weighted by atomic mass is 9.74. The molecule has 0 aromatic heterocycles. The van der Waals surface area contributed by atoms with Crippen LogP contribution in [0.15, 0.2) is 42.5 Å². The molecule has 3 aliphatic rings. The van der Waals surface area contributed by atoms with Gasteiger partial charge in [-0.15, -0.1) is 0 Å². The third kappa shape index (κ3) is 4.38. The van der Waals surface area contributed by atoms with Gasteiger partial charge < -0.3 is 10.1 Å². The molecular weight excluding hydrogens is 414 g/mol. The normalized spacial score (nSPS) is 26.9. The van der Waals surface area contributed by atoms with Crippen molar-refractivity contribution in [2.45, 2.75) is 63.6 Å². The van der Waals surface area contributed by atoms with Gasteiger partial charge in [0.25, 0.3) is 5.91 Å². The smallest absolute Gasteiger partial charge is 0.325 e. The molecule has 0 bridgehead atoms. The van der Waals surface area contributed by atoms with Crippen LogP contribution in [-0.4, -0.2) is 59.6 Å². The van der Waals surface area contributed by atoms with Crippen molar-refractivity contribution in [1.82, 2.24) is 15.1 Å². The van der Waals surface area contributed by atoms with Crippen LogP contribution in [0.5, 0.6) is 0 Å². The molecule has 2 atom stereocenters. The number of nitrogens with one attached hydrogen (secondary N) is 1. The Bertz CT molecular complexity index is 1010. The van der Waals surface area contributed by atoms with E-state index in [0.717, 1.165) is 58.3 Å². The molecule has 2 unspecified atom stereocenters. The lowest BCUT2D eigenvalue weighted by Crippen LogP contribution is -2.56. The highest BCUT2D eigenvalue weighted by molar-refractivity contribution is 6.07. The summed E-state index contributed by atoms with van der Waals surface area (Å²) in [6.07, 6.45) is 5.34. The average molecular weight is 450 g/mol. The Morgan fingerprint density at radius 1 is 1.06 bits per heavy atom. The Morgan fingerprint density at radius 3 is 2.58 bits per heavy atom. The van der Waals surface area contributed by atoms with E-state index in [-0.39, 0.29) is 24.0 Å². The fraction of sp³-hybridized carbons (Fsp3) is 0.556. The minimum absolute atomic E-state index is 0.0130. The van der Waals surface area contributed by atoms with Crippen molar-refractivity contribution in [1.29, 1.82) is 0 Å². The van der Waals surface area contributed by atoms with Crippen LogP contribution in [0.4, 0.5) is 4.79 Å². The topological polar surface area (TPSA) is 61.9 Å². The number of urea groups is 1. The Hall–Kier alpha value is -2.44. The molecule has 2 aromatic carbocycles. The van der Waals surface area contributed by atoms with E-state index in [0.29, 0.717) is 13.0 Å². The van der Waals surface area contributed by atoms with Gasteiger partial charge in [-0.1, -0.05) is 49.7 Å². The van der Waals surface area contributed by atoms with Crippen LogP contribution in [0.3, 0.4) is 0 Å². The second-order valence-corrected chi connectivity index (χ2v) is 9.93. The standard InChI is InChI=1S/C27H35N3O3/c1-2-13-27(25(31)30(26(32)28-27)19-24-8-5-16-33-24)23-11-14-29(15-12-23)18-20-9-10-21-6-3-4-7-22(21)17-20/h3-4,6-7,9-10,17,23-24H,2,5,8,11-16,18-19H2,1H3,(H,28,32). The minimum atomic E-state index is -0.751. The largest absolute Gasteiger partial charge is 0.376 e. The second-order valence-electron chi connectivity index (χ2n) is 9.93. The van der Waals surface area contributed by atoms with Crippen LogP contribution in [0.1, 0.15) is 51.0 Å². The van der Waals surface area contributed by atoms with Gasteiger partial charge >= 0.3 is 6.03 Å². The molecule has 0 aliphatic carbocycles. The highest BCUT2D eigenvalue weighted by atomic mass is 16.5. The Labute approximate surface area is 196 Å². The number of fused-ring (bicyclic) bond motifs is 1. The van der Waals surface area contributed by atoms with Gasteiger partial charge in [-0.25, -0.2) is 4.79 Å². The quantitative estimate of drug-likeness (QED) is 0.640. The van der Waals surface area contributed by atoms with Crippen LogP contribution in [0.2, 0.25) is 0 Å². The number of likely N-dealkylation sites (tertiary alicyclic amines) is 1. The molecule has 6 heteroatoms. The van der Waals surface area contributed by atoms with E-state index in [1.54, 1.807) is 0 Å². The molecule has 1 N–H and O–H groups in total. The summed E-state index contributed by atoms with van der Waals surface area (Å²) in [5.41, 5.74) is 0.572. The SMILES string of the molecule is CCCC1(C2CCN(Cc3ccc4ccccc4c3)CC2)NC(=O)N(CC2CCCO2)C1=O. The molecule has 33 heavy (non-hydrogen) atoms. The van der Waals surface area contributed by atoms with Crippen LogP contribution in [0, 0.1) is 5.92 Å². The lowest BCUT2D eigenvalue weighted by Gasteiger charge is -2.41. The molecular formula is C27H35N3O3. The number of nitrogens with zero attached hydrogens (tertiary/aromatic N) is 2. The average Bonchev–Trinajstić information content (AvgIpc) is 3.43. The number of piperidine rings is 1. The number of amides is 3. The van der Waals surface area contributed by atoms with Gasteiger partial charge in [-0.05, 0) is 73.5 Å². The molecule has 3 aliphatic heterocycles. The first-order chi connectivity index (χ1) is 16.1. The van der Waals surface area contributed by atoms with Crippen molar-refractivity contribution in [2.24, 2.45) is 5.92 Å². The molecule has 0 spiro atoms. The third-order valence-electron chi connectivity index (χ3n) is 7.76. The zero-order chi connectivity index (χ0) is 22.8. The maximum atomic E-state index is 13.6. The van der Waals surface area contributed by atoms with Crippen LogP contribution < -0.4 is 5.32 Å². The molecule has 0 radical (unpaired) electrons. The zero-order valence-corrected chi connectivity index (χ0v) is 19.6. The molecule has 3 fully saturated rings. The lowest BCUT2D eigenvalue weighted by molar-refractivity contribution is -0.135. The maximum absolute atomic E-state index is 13.6. The third-order valence-corrected chi connectivity index (χ3v) is 7.76. The minimum Gasteiger partial charge on any atom is -0.376 e. The van der Waals surface area contributed by atoms with Gasteiger partial charge in [0, 0.05) is 13.2 Å². The summed E-state index contributed by atoms with van der Waals surface area (Å²) >= 11 is 0. The number of hydrogen-bond acceptors (Lipinski definition) is 4. The summed E-state index contributed by atoms with van der Waals surface area (Å²) in [7, 11) is 0. The molecule has 3 heterocycles. The fourth-order valence-electron chi connectivity index (χ4n) is 6.03. The Morgan fingerprint density at radius 2 is 1.85 bits per heavy atom. The van der Waals surface area contributed by atoms with Gasteiger partial charge in [0.15, 0.2) is 0 Å². The van der Waals surface area contributed by atoms with E-state index in [1.807, 2.05) is 0 Å². The number of hydrogen-bond donors (Lipinski definition) is 1. The van der Waals surface area contributed by atoms with Crippen molar-refractivity contribution in [2.75, 3.05) is 26.2 Å². The van der Waals surface area contributed by atoms with Crippen LogP contribution >= 0.6 is 0 Å². The highest BCUT2D eigenvalue weighted by Gasteiger charge is 2.55. The van der Waals surface area contributed by atoms with Gasteiger partial charge in [-0.3, -0.25) is 14.6 Å². The number of ether oxygens (including phenoxy) is 1. The second kappa shape index (κ2) is 9.43. The van der Waals surface area contributed by atoms with Crippen molar-refractivity contribution in [3.63, 3.8) is 0 Å². The van der Waals surface area contributed by atoms with Gasteiger partial charge in [0.1, 0.15) is 5.54 Å². The summed E-state index contributed by atoms with van der Waals surface area (Å²) in [4.78, 5) is 30.3. The number of carbonyl (C=O) groups excluding carboxylic acids is 2. The molecule has 3 saturated heterocycles.